The summed E-state index contributed by atoms with van der Waals surface area (Å²) in [5, 5.41) is 9.04. The molecule has 0 aliphatic heterocycles. The smallest absolute Gasteiger partial charge is 0.322 e. The van der Waals surface area contributed by atoms with Crippen molar-refractivity contribution in [3.8, 4) is 5.75 Å². The van der Waals surface area contributed by atoms with Gasteiger partial charge in [0.2, 0.25) is 10.0 Å². The predicted octanol–water partition coefficient (Wildman–Crippen LogP) is 1.39. The van der Waals surface area contributed by atoms with Crippen LogP contribution in [0.4, 0.5) is 0 Å². The van der Waals surface area contributed by atoms with E-state index < -0.39 is 22.0 Å². The molecule has 1 aromatic rings. The van der Waals surface area contributed by atoms with Crippen LogP contribution in [0.1, 0.15) is 19.4 Å². The Morgan fingerprint density at radius 3 is 2.35 bits per heavy atom. The molecule has 0 saturated carbocycles. The number of hydrogen-bond acceptors (Lipinski definition) is 4. The highest BCUT2D eigenvalue weighted by Crippen LogP contribution is 2.21. The molecule has 0 aliphatic rings. The molecule has 0 fully saturated rings. The lowest BCUT2D eigenvalue weighted by atomic mass is 10.1. The number of methoxy groups -OCH3 is 1. The number of carboxylic acids is 1. The number of carboxylic acid groups (broad SMARTS) is 1. The second-order valence-electron chi connectivity index (χ2n) is 4.81. The van der Waals surface area contributed by atoms with E-state index in [1.165, 1.54) is 25.3 Å². The summed E-state index contributed by atoms with van der Waals surface area (Å²) in [7, 11) is -2.39. The van der Waals surface area contributed by atoms with Gasteiger partial charge in [-0.15, -0.1) is 0 Å². The molecule has 6 nitrogen and oxygen atoms in total. The van der Waals surface area contributed by atoms with Crippen LogP contribution in [0.5, 0.6) is 5.75 Å². The maximum absolute atomic E-state index is 12.2. The molecule has 2 N–H and O–H groups in total. The zero-order valence-corrected chi connectivity index (χ0v) is 12.7. The fourth-order valence-electron chi connectivity index (χ4n) is 1.72. The van der Waals surface area contributed by atoms with Crippen molar-refractivity contribution in [3.63, 3.8) is 0 Å². The monoisotopic (exact) mass is 301 g/mol. The van der Waals surface area contributed by atoms with E-state index in [1.807, 2.05) is 0 Å². The van der Waals surface area contributed by atoms with Crippen LogP contribution in [-0.4, -0.2) is 32.6 Å². The maximum atomic E-state index is 12.2. The van der Waals surface area contributed by atoms with Crippen LogP contribution in [-0.2, 0) is 14.8 Å². The molecule has 1 unspecified atom stereocenters. The standard InChI is InChI=1S/C13H19NO5S/c1-8(2)12(13(15)16)14-20(17,18)10-5-6-11(19-4)9(3)7-10/h5-8,12,14H,1-4H3,(H,15,16). The summed E-state index contributed by atoms with van der Waals surface area (Å²) >= 11 is 0. The van der Waals surface area contributed by atoms with Gasteiger partial charge in [0.15, 0.2) is 0 Å². The van der Waals surface area contributed by atoms with Crippen molar-refractivity contribution < 1.29 is 23.1 Å². The Morgan fingerprint density at radius 1 is 1.35 bits per heavy atom. The minimum atomic E-state index is -3.88. The number of sulfonamides is 1. The molecule has 1 atom stereocenters. The molecule has 0 aliphatic carbocycles. The molecule has 20 heavy (non-hydrogen) atoms. The third-order valence-electron chi connectivity index (χ3n) is 2.89. The molecule has 0 spiro atoms. The third-order valence-corrected chi connectivity index (χ3v) is 4.33. The lowest BCUT2D eigenvalue weighted by molar-refractivity contribution is -0.140. The average molecular weight is 301 g/mol. The molecule has 0 radical (unpaired) electrons. The molecule has 0 heterocycles. The lowest BCUT2D eigenvalue weighted by Gasteiger charge is -2.18. The number of aliphatic carboxylic acids is 1. The minimum Gasteiger partial charge on any atom is -0.496 e. The number of carbonyl (C=O) groups is 1. The molecule has 112 valence electrons. The molecule has 0 saturated heterocycles. The van der Waals surface area contributed by atoms with Gasteiger partial charge in [-0.3, -0.25) is 4.79 Å². The van der Waals surface area contributed by atoms with Gasteiger partial charge in [-0.25, -0.2) is 8.42 Å². The molecule has 1 rings (SSSR count). The van der Waals surface area contributed by atoms with Crippen molar-refractivity contribution in [1.29, 1.82) is 0 Å². The van der Waals surface area contributed by atoms with Crippen LogP contribution in [0.15, 0.2) is 23.1 Å². The Labute approximate surface area is 118 Å². The number of aryl methyl sites for hydroxylation is 1. The first-order valence-electron chi connectivity index (χ1n) is 6.09. The Balaban J connectivity index is 3.11. The summed E-state index contributed by atoms with van der Waals surface area (Å²) < 4.78 is 31.6. The molecule has 0 bridgehead atoms. The quantitative estimate of drug-likeness (QED) is 0.828. The largest absolute Gasteiger partial charge is 0.496 e. The van der Waals surface area contributed by atoms with Gasteiger partial charge in [-0.1, -0.05) is 13.8 Å². The number of nitrogens with one attached hydrogen (secondary N) is 1. The van der Waals surface area contributed by atoms with Crippen molar-refractivity contribution in [2.24, 2.45) is 5.92 Å². The van der Waals surface area contributed by atoms with Crippen LogP contribution in [0.3, 0.4) is 0 Å². The van der Waals surface area contributed by atoms with Gasteiger partial charge in [0.1, 0.15) is 11.8 Å². The van der Waals surface area contributed by atoms with E-state index in [4.69, 9.17) is 9.84 Å². The van der Waals surface area contributed by atoms with Crippen molar-refractivity contribution >= 4 is 16.0 Å². The van der Waals surface area contributed by atoms with Crippen LogP contribution in [0.25, 0.3) is 0 Å². The Morgan fingerprint density at radius 2 is 1.95 bits per heavy atom. The number of benzene rings is 1. The van der Waals surface area contributed by atoms with E-state index in [1.54, 1.807) is 20.8 Å². The molecule has 1 aromatic carbocycles. The SMILES string of the molecule is COc1ccc(S(=O)(=O)NC(C(=O)O)C(C)C)cc1C. The van der Waals surface area contributed by atoms with Crippen molar-refractivity contribution in [1.82, 2.24) is 4.72 Å². The second-order valence-corrected chi connectivity index (χ2v) is 6.53. The van der Waals surface area contributed by atoms with Crippen molar-refractivity contribution in [2.75, 3.05) is 7.11 Å². The van der Waals surface area contributed by atoms with E-state index in [0.717, 1.165) is 0 Å². The first kappa shape index (κ1) is 16.5. The van der Waals surface area contributed by atoms with E-state index in [2.05, 4.69) is 4.72 Å². The summed E-state index contributed by atoms with van der Waals surface area (Å²) in [5.41, 5.74) is 0.659. The number of ether oxygens (including phenoxy) is 1. The van der Waals surface area contributed by atoms with Crippen LogP contribution < -0.4 is 9.46 Å². The van der Waals surface area contributed by atoms with Gasteiger partial charge < -0.3 is 9.84 Å². The van der Waals surface area contributed by atoms with Gasteiger partial charge in [0, 0.05) is 0 Å². The Hall–Kier alpha value is -1.60. The number of rotatable bonds is 6. The van der Waals surface area contributed by atoms with E-state index in [9.17, 15) is 13.2 Å². The zero-order chi connectivity index (χ0) is 15.5. The third kappa shape index (κ3) is 3.71. The minimum absolute atomic E-state index is 0.0164. The highest BCUT2D eigenvalue weighted by molar-refractivity contribution is 7.89. The molecule has 0 aromatic heterocycles. The van der Waals surface area contributed by atoms with Gasteiger partial charge in [0.25, 0.3) is 0 Å². The van der Waals surface area contributed by atoms with E-state index >= 15 is 0 Å². The normalized spacial score (nSPS) is 13.2. The molecular formula is C13H19NO5S. The van der Waals surface area contributed by atoms with E-state index in [-0.39, 0.29) is 10.8 Å². The van der Waals surface area contributed by atoms with Gasteiger partial charge in [-0.05, 0) is 36.6 Å². The van der Waals surface area contributed by atoms with Crippen molar-refractivity contribution in [3.05, 3.63) is 23.8 Å². The summed E-state index contributed by atoms with van der Waals surface area (Å²) in [6, 6.07) is 3.20. The predicted molar refractivity (Wildman–Crippen MR) is 74.3 cm³/mol. The summed E-state index contributed by atoms with van der Waals surface area (Å²) in [6.07, 6.45) is 0. The highest BCUT2D eigenvalue weighted by Gasteiger charge is 2.28. The van der Waals surface area contributed by atoms with Crippen LogP contribution in [0.2, 0.25) is 0 Å². The maximum Gasteiger partial charge on any atom is 0.322 e. The highest BCUT2D eigenvalue weighted by atomic mass is 32.2. The van der Waals surface area contributed by atoms with Crippen LogP contribution in [0, 0.1) is 12.8 Å². The Kier molecular flexibility index (Phi) is 5.13. The molecular weight excluding hydrogens is 282 g/mol. The first-order chi connectivity index (χ1) is 9.19. The summed E-state index contributed by atoms with van der Waals surface area (Å²) in [5.74, 6) is -0.988. The van der Waals surface area contributed by atoms with Crippen LogP contribution >= 0.6 is 0 Å². The fourth-order valence-corrected chi connectivity index (χ4v) is 3.15. The van der Waals surface area contributed by atoms with E-state index in [0.29, 0.717) is 11.3 Å². The first-order valence-corrected chi connectivity index (χ1v) is 7.57. The van der Waals surface area contributed by atoms with Crippen molar-refractivity contribution in [2.45, 2.75) is 31.7 Å². The van der Waals surface area contributed by atoms with Gasteiger partial charge in [0.05, 0.1) is 12.0 Å². The zero-order valence-electron chi connectivity index (χ0n) is 11.9. The topological polar surface area (TPSA) is 92.7 Å². The van der Waals surface area contributed by atoms with Gasteiger partial charge >= 0.3 is 5.97 Å². The summed E-state index contributed by atoms with van der Waals surface area (Å²) in [6.45, 7) is 5.00. The Bertz CT molecular complexity index is 595. The second kappa shape index (κ2) is 6.23. The van der Waals surface area contributed by atoms with Gasteiger partial charge in [-0.2, -0.15) is 4.72 Å². The lowest BCUT2D eigenvalue weighted by Crippen LogP contribution is -2.44. The summed E-state index contributed by atoms with van der Waals surface area (Å²) in [4.78, 5) is 11.1. The average Bonchev–Trinajstić information content (AvgIpc) is 2.35. The molecule has 0 amide bonds. The number of hydrogen-bond donors (Lipinski definition) is 2. The molecule has 7 heteroatoms. The fraction of sp³-hybridized carbons (Fsp3) is 0.462.